The number of halogens is 1. The van der Waals surface area contributed by atoms with Crippen LogP contribution in [0.15, 0.2) is 29.2 Å². The van der Waals surface area contributed by atoms with E-state index in [0.29, 0.717) is 5.02 Å². The third kappa shape index (κ3) is 5.59. The van der Waals surface area contributed by atoms with Gasteiger partial charge in [-0.3, -0.25) is 20.4 Å². The molecule has 4 nitrogen and oxygen atoms in total. The number of hydrogen-bond acceptors (Lipinski definition) is 3. The molecular formula is C15H19ClN2O2S. The lowest BCUT2D eigenvalue weighted by Crippen LogP contribution is -2.45. The summed E-state index contributed by atoms with van der Waals surface area (Å²) in [5, 5.41) is 0.670. The van der Waals surface area contributed by atoms with Crippen LogP contribution in [-0.4, -0.2) is 17.6 Å². The maximum atomic E-state index is 11.9. The summed E-state index contributed by atoms with van der Waals surface area (Å²) in [6, 6.07) is 7.29. The van der Waals surface area contributed by atoms with Crippen LogP contribution in [0.1, 0.15) is 32.1 Å². The molecular weight excluding hydrogens is 308 g/mol. The summed E-state index contributed by atoms with van der Waals surface area (Å²) in [6.45, 7) is 0. The van der Waals surface area contributed by atoms with Crippen molar-refractivity contribution in [2.24, 2.45) is 5.92 Å². The summed E-state index contributed by atoms with van der Waals surface area (Å²) >= 11 is 7.20. The number of amides is 2. The Bertz CT molecular complexity index is 487. The van der Waals surface area contributed by atoms with Crippen molar-refractivity contribution >= 4 is 35.2 Å². The van der Waals surface area contributed by atoms with Gasteiger partial charge in [0.15, 0.2) is 0 Å². The number of carbonyl (C=O) groups is 2. The zero-order chi connectivity index (χ0) is 15.1. The molecule has 2 N–H and O–H groups in total. The molecule has 1 aliphatic carbocycles. The number of rotatable bonds is 4. The Labute approximate surface area is 134 Å². The molecule has 0 bridgehead atoms. The van der Waals surface area contributed by atoms with Crippen LogP contribution < -0.4 is 10.9 Å². The van der Waals surface area contributed by atoms with Crippen molar-refractivity contribution in [3.05, 3.63) is 29.3 Å². The molecule has 21 heavy (non-hydrogen) atoms. The molecule has 114 valence electrons. The van der Waals surface area contributed by atoms with Gasteiger partial charge in [-0.1, -0.05) is 30.9 Å². The average Bonchev–Trinajstić information content (AvgIpc) is 2.53. The first-order valence-corrected chi connectivity index (χ1v) is 8.48. The fourth-order valence-corrected chi connectivity index (χ4v) is 3.14. The lowest BCUT2D eigenvalue weighted by molar-refractivity contribution is -0.131. The zero-order valence-corrected chi connectivity index (χ0v) is 13.3. The van der Waals surface area contributed by atoms with Gasteiger partial charge in [0.2, 0.25) is 11.8 Å². The molecule has 1 saturated carbocycles. The zero-order valence-electron chi connectivity index (χ0n) is 11.7. The Morgan fingerprint density at radius 3 is 2.43 bits per heavy atom. The maximum absolute atomic E-state index is 11.9. The molecule has 2 rings (SSSR count). The topological polar surface area (TPSA) is 58.2 Å². The van der Waals surface area contributed by atoms with E-state index in [1.165, 1.54) is 18.2 Å². The van der Waals surface area contributed by atoms with Crippen LogP contribution in [0.25, 0.3) is 0 Å². The number of nitrogens with one attached hydrogen (secondary N) is 2. The first kappa shape index (κ1) is 16.2. The first-order chi connectivity index (χ1) is 10.1. The van der Waals surface area contributed by atoms with Gasteiger partial charge in [-0.05, 0) is 37.1 Å². The summed E-state index contributed by atoms with van der Waals surface area (Å²) in [4.78, 5) is 24.5. The van der Waals surface area contributed by atoms with Gasteiger partial charge in [-0.15, -0.1) is 11.8 Å². The second-order valence-electron chi connectivity index (χ2n) is 5.11. The third-order valence-corrected chi connectivity index (χ3v) is 4.75. The molecule has 0 aromatic heterocycles. The minimum absolute atomic E-state index is 0.0444. The average molecular weight is 327 g/mol. The second-order valence-corrected chi connectivity index (χ2v) is 6.60. The van der Waals surface area contributed by atoms with Crippen molar-refractivity contribution in [1.29, 1.82) is 0 Å². The van der Waals surface area contributed by atoms with Crippen LogP contribution in [0, 0.1) is 5.92 Å². The quantitative estimate of drug-likeness (QED) is 0.660. The fourth-order valence-electron chi connectivity index (χ4n) is 2.31. The molecule has 1 fully saturated rings. The van der Waals surface area contributed by atoms with Gasteiger partial charge in [0.25, 0.3) is 0 Å². The number of hydrazine groups is 1. The van der Waals surface area contributed by atoms with E-state index in [1.54, 1.807) is 12.1 Å². The predicted molar refractivity (Wildman–Crippen MR) is 85.0 cm³/mol. The van der Waals surface area contributed by atoms with Crippen LogP contribution in [0.2, 0.25) is 5.02 Å². The standard InChI is InChI=1S/C15H19ClN2O2S/c16-12-6-8-13(9-7-12)21-10-14(19)17-18-15(20)11-4-2-1-3-5-11/h6-9,11H,1-5,10H2,(H,17,19)(H,18,20). The molecule has 0 atom stereocenters. The Morgan fingerprint density at radius 1 is 1.10 bits per heavy atom. The monoisotopic (exact) mass is 326 g/mol. The van der Waals surface area contributed by atoms with Crippen molar-refractivity contribution in [2.75, 3.05) is 5.75 Å². The lowest BCUT2D eigenvalue weighted by atomic mass is 9.89. The fraction of sp³-hybridized carbons (Fsp3) is 0.467. The molecule has 0 saturated heterocycles. The Balaban J connectivity index is 1.67. The SMILES string of the molecule is O=C(CSc1ccc(Cl)cc1)NNC(=O)C1CCCCC1. The van der Waals surface area contributed by atoms with E-state index in [1.807, 2.05) is 12.1 Å². The maximum Gasteiger partial charge on any atom is 0.248 e. The van der Waals surface area contributed by atoms with Crippen molar-refractivity contribution in [3.8, 4) is 0 Å². The van der Waals surface area contributed by atoms with E-state index in [-0.39, 0.29) is 23.5 Å². The number of hydrogen-bond donors (Lipinski definition) is 2. The molecule has 1 aromatic rings. The number of carbonyl (C=O) groups excluding carboxylic acids is 2. The van der Waals surface area contributed by atoms with Gasteiger partial charge in [-0.2, -0.15) is 0 Å². The molecule has 0 spiro atoms. The van der Waals surface area contributed by atoms with E-state index in [2.05, 4.69) is 10.9 Å². The molecule has 0 radical (unpaired) electrons. The summed E-state index contributed by atoms with van der Waals surface area (Å²) in [5.41, 5.74) is 5.00. The van der Waals surface area contributed by atoms with Gasteiger partial charge in [0.05, 0.1) is 5.75 Å². The molecule has 1 aromatic carbocycles. The van der Waals surface area contributed by atoms with Crippen LogP contribution in [0.5, 0.6) is 0 Å². The lowest BCUT2D eigenvalue weighted by Gasteiger charge is -2.20. The first-order valence-electron chi connectivity index (χ1n) is 7.12. The summed E-state index contributed by atoms with van der Waals surface area (Å²) < 4.78 is 0. The van der Waals surface area contributed by atoms with Crippen molar-refractivity contribution in [1.82, 2.24) is 10.9 Å². The predicted octanol–water partition coefficient (Wildman–Crippen LogP) is 3.16. The van der Waals surface area contributed by atoms with Gasteiger partial charge < -0.3 is 0 Å². The highest BCUT2D eigenvalue weighted by molar-refractivity contribution is 8.00. The molecule has 0 unspecified atom stereocenters. The Kier molecular flexibility index (Phi) is 6.39. The highest BCUT2D eigenvalue weighted by atomic mass is 35.5. The minimum Gasteiger partial charge on any atom is -0.273 e. The van der Waals surface area contributed by atoms with Gasteiger partial charge >= 0.3 is 0 Å². The van der Waals surface area contributed by atoms with E-state index in [4.69, 9.17) is 11.6 Å². The van der Waals surface area contributed by atoms with Crippen LogP contribution in [0.4, 0.5) is 0 Å². The Hall–Kier alpha value is -1.20. The highest BCUT2D eigenvalue weighted by Crippen LogP contribution is 2.23. The minimum atomic E-state index is -0.209. The molecule has 1 aliphatic rings. The van der Waals surface area contributed by atoms with Crippen LogP contribution in [-0.2, 0) is 9.59 Å². The molecule has 0 aliphatic heterocycles. The van der Waals surface area contributed by atoms with E-state index in [0.717, 1.165) is 30.6 Å². The molecule has 6 heteroatoms. The second kappa shape index (κ2) is 8.29. The normalized spacial score (nSPS) is 15.5. The van der Waals surface area contributed by atoms with Crippen LogP contribution in [0.3, 0.4) is 0 Å². The van der Waals surface area contributed by atoms with Gasteiger partial charge in [0, 0.05) is 15.8 Å². The summed E-state index contributed by atoms with van der Waals surface area (Å²) in [5.74, 6) is 0.0219. The summed E-state index contributed by atoms with van der Waals surface area (Å²) in [7, 11) is 0. The van der Waals surface area contributed by atoms with Crippen LogP contribution >= 0.6 is 23.4 Å². The summed E-state index contributed by atoms with van der Waals surface area (Å²) in [6.07, 6.45) is 5.23. The van der Waals surface area contributed by atoms with E-state index in [9.17, 15) is 9.59 Å². The van der Waals surface area contributed by atoms with Gasteiger partial charge in [0.1, 0.15) is 0 Å². The van der Waals surface area contributed by atoms with Crippen molar-refractivity contribution in [2.45, 2.75) is 37.0 Å². The van der Waals surface area contributed by atoms with E-state index < -0.39 is 0 Å². The van der Waals surface area contributed by atoms with Gasteiger partial charge in [-0.25, -0.2) is 0 Å². The largest absolute Gasteiger partial charge is 0.273 e. The van der Waals surface area contributed by atoms with E-state index >= 15 is 0 Å². The molecule has 0 heterocycles. The third-order valence-electron chi connectivity index (χ3n) is 3.48. The number of benzene rings is 1. The van der Waals surface area contributed by atoms with Crippen molar-refractivity contribution < 1.29 is 9.59 Å². The van der Waals surface area contributed by atoms with Crippen molar-refractivity contribution in [3.63, 3.8) is 0 Å². The highest BCUT2D eigenvalue weighted by Gasteiger charge is 2.21. The molecule has 2 amide bonds. The number of thioether (sulfide) groups is 1. The smallest absolute Gasteiger partial charge is 0.248 e. The Morgan fingerprint density at radius 2 is 1.76 bits per heavy atom.